The van der Waals surface area contributed by atoms with Crippen LogP contribution in [0.2, 0.25) is 0 Å². The van der Waals surface area contributed by atoms with Gasteiger partial charge in [-0.25, -0.2) is 14.7 Å². The van der Waals surface area contributed by atoms with Crippen LogP contribution < -0.4 is 5.32 Å². The van der Waals surface area contributed by atoms with Crippen LogP contribution in [-0.4, -0.2) is 34.5 Å². The lowest BCUT2D eigenvalue weighted by atomic mass is 10.0. The van der Waals surface area contributed by atoms with Gasteiger partial charge in [-0.2, -0.15) is 5.10 Å². The molecule has 0 saturated carbocycles. The highest BCUT2D eigenvalue weighted by Gasteiger charge is 2.22. The van der Waals surface area contributed by atoms with Crippen molar-refractivity contribution in [2.75, 3.05) is 6.61 Å². The van der Waals surface area contributed by atoms with Crippen LogP contribution in [0.15, 0.2) is 107 Å². The van der Waals surface area contributed by atoms with E-state index >= 15 is 0 Å². The number of ether oxygens (including phenoxy) is 1. The first kappa shape index (κ1) is 33.8. The number of nitrogens with one attached hydrogen (secondary N) is 1. The Bertz CT molecular complexity index is 1490. The minimum absolute atomic E-state index is 0.137. The Balaban J connectivity index is 2.02. The van der Waals surface area contributed by atoms with Gasteiger partial charge in [-0.05, 0) is 65.9 Å². The quantitative estimate of drug-likeness (QED) is 0.0629. The van der Waals surface area contributed by atoms with Crippen LogP contribution >= 0.6 is 0 Å². The molecule has 0 amide bonds. The Labute approximate surface area is 262 Å². The van der Waals surface area contributed by atoms with E-state index in [0.717, 1.165) is 65.9 Å². The van der Waals surface area contributed by atoms with E-state index in [9.17, 15) is 4.79 Å². The molecular weight excluding hydrogens is 546 g/mol. The highest BCUT2D eigenvalue weighted by Crippen LogP contribution is 2.35. The number of unbranched alkanes of at least 4 members (excludes halogenated alkanes) is 3. The number of allylic oxidation sites excluding steroid dienone is 4. The average molecular weight is 592 g/mol. The van der Waals surface area contributed by atoms with Crippen LogP contribution in [0.4, 0.5) is 0 Å². The lowest BCUT2D eigenvalue weighted by Crippen LogP contribution is -2.22. The average Bonchev–Trinajstić information content (AvgIpc) is 3.41. The van der Waals surface area contributed by atoms with Crippen LogP contribution in [0.25, 0.3) is 28.6 Å². The van der Waals surface area contributed by atoms with Gasteiger partial charge >= 0.3 is 5.97 Å². The number of carbonyl (C=O) groups excluding carboxylic acids is 1. The maximum atomic E-state index is 11.7. The number of guanidine groups is 1. The summed E-state index contributed by atoms with van der Waals surface area (Å²) in [6.07, 6.45) is 14.5. The van der Waals surface area contributed by atoms with Gasteiger partial charge in [-0.1, -0.05) is 85.5 Å². The number of hydrogen-bond donors (Lipinski definition) is 1. The summed E-state index contributed by atoms with van der Waals surface area (Å²) >= 11 is 0. The summed E-state index contributed by atoms with van der Waals surface area (Å²) in [7, 11) is 0. The lowest BCUT2D eigenvalue weighted by molar-refractivity contribution is -0.143. The van der Waals surface area contributed by atoms with Crippen LogP contribution in [0.1, 0.15) is 77.9 Å². The Kier molecular flexibility index (Phi) is 14.4. The molecule has 0 aliphatic carbocycles. The molecule has 1 heterocycles. The summed E-state index contributed by atoms with van der Waals surface area (Å²) in [4.78, 5) is 21.2. The Morgan fingerprint density at radius 3 is 2.43 bits per heavy atom. The van der Waals surface area contributed by atoms with Gasteiger partial charge in [0.15, 0.2) is 0 Å². The Morgan fingerprint density at radius 2 is 1.77 bits per heavy atom. The summed E-state index contributed by atoms with van der Waals surface area (Å²) in [5.74, 6) is 0.379. The first-order valence-electron chi connectivity index (χ1n) is 15.4. The number of rotatable bonds is 15. The van der Waals surface area contributed by atoms with Crippen molar-refractivity contribution < 1.29 is 9.53 Å². The summed E-state index contributed by atoms with van der Waals surface area (Å²) < 4.78 is 7.05. The second kappa shape index (κ2) is 18.7. The van der Waals surface area contributed by atoms with Crippen LogP contribution in [0, 0.1) is 0 Å². The molecule has 0 fully saturated rings. The molecule has 1 atom stereocenters. The van der Waals surface area contributed by atoms with Gasteiger partial charge in [-0.15, -0.1) is 5.73 Å². The molecule has 2 aromatic carbocycles. The summed E-state index contributed by atoms with van der Waals surface area (Å²) in [5, 5.41) is 8.52. The number of hydrogen-bond acceptors (Lipinski definition) is 4. The van der Waals surface area contributed by atoms with Gasteiger partial charge in [0.2, 0.25) is 5.96 Å². The van der Waals surface area contributed by atoms with Gasteiger partial charge in [0.25, 0.3) is 0 Å². The number of aliphatic imine (C=N–C) groups is 2. The van der Waals surface area contributed by atoms with Crippen molar-refractivity contribution in [3.8, 4) is 22.5 Å². The molecule has 1 N–H and O–H groups in total. The fourth-order valence-corrected chi connectivity index (χ4v) is 4.70. The molecule has 230 valence electrons. The third kappa shape index (κ3) is 10.5. The first-order chi connectivity index (χ1) is 21.5. The topological polar surface area (TPSA) is 80.9 Å². The minimum atomic E-state index is -0.359. The van der Waals surface area contributed by atoms with Crippen LogP contribution in [0.3, 0.4) is 0 Å². The molecule has 7 heteroatoms. The molecule has 0 aliphatic rings. The summed E-state index contributed by atoms with van der Waals surface area (Å²) in [5.41, 5.74) is 8.74. The van der Waals surface area contributed by atoms with Crippen LogP contribution in [-0.2, 0) is 9.53 Å². The van der Waals surface area contributed by atoms with Crippen molar-refractivity contribution in [1.29, 1.82) is 0 Å². The van der Waals surface area contributed by atoms with Crippen molar-refractivity contribution in [1.82, 2.24) is 15.1 Å². The number of carbonyl (C=O) groups is 1. The molecule has 0 saturated heterocycles. The summed E-state index contributed by atoms with van der Waals surface area (Å²) in [6, 6.07) is 20.5. The van der Waals surface area contributed by atoms with Crippen LogP contribution in [0.5, 0.6) is 0 Å². The zero-order valence-electron chi connectivity index (χ0n) is 26.5. The largest absolute Gasteiger partial charge is 0.466 e. The van der Waals surface area contributed by atoms with Gasteiger partial charge in [0, 0.05) is 35.0 Å². The highest BCUT2D eigenvalue weighted by molar-refractivity contribution is 5.88. The van der Waals surface area contributed by atoms with Gasteiger partial charge < -0.3 is 10.1 Å². The fourth-order valence-electron chi connectivity index (χ4n) is 4.70. The first-order valence-corrected chi connectivity index (χ1v) is 15.4. The molecule has 0 spiro atoms. The molecule has 3 aromatic rings. The molecule has 44 heavy (non-hydrogen) atoms. The second-order valence-corrected chi connectivity index (χ2v) is 10.2. The molecule has 7 nitrogen and oxygen atoms in total. The zero-order chi connectivity index (χ0) is 31.6. The third-order valence-corrected chi connectivity index (χ3v) is 6.76. The van der Waals surface area contributed by atoms with E-state index in [1.165, 1.54) is 0 Å². The van der Waals surface area contributed by atoms with Crippen molar-refractivity contribution in [2.45, 2.75) is 72.4 Å². The minimum Gasteiger partial charge on any atom is -0.466 e. The lowest BCUT2D eigenvalue weighted by Gasteiger charge is -2.15. The van der Waals surface area contributed by atoms with E-state index in [0.29, 0.717) is 19.0 Å². The maximum absolute atomic E-state index is 11.7. The van der Waals surface area contributed by atoms with E-state index < -0.39 is 0 Å². The molecular formula is C37H45N5O2. The number of esters is 1. The van der Waals surface area contributed by atoms with Gasteiger partial charge in [-0.3, -0.25) is 4.79 Å². The van der Waals surface area contributed by atoms with Gasteiger partial charge in [0.05, 0.1) is 12.3 Å². The van der Waals surface area contributed by atoms with E-state index in [1.807, 2.05) is 74.9 Å². The molecule has 0 bridgehead atoms. The van der Waals surface area contributed by atoms with Crippen molar-refractivity contribution in [3.63, 3.8) is 0 Å². The van der Waals surface area contributed by atoms with Gasteiger partial charge in [0.1, 0.15) is 11.9 Å². The number of nitrogens with zero attached hydrogens (tertiary/aromatic N) is 4. The van der Waals surface area contributed by atoms with E-state index in [2.05, 4.69) is 65.1 Å². The predicted octanol–water partition coefficient (Wildman–Crippen LogP) is 8.93. The molecule has 1 unspecified atom stereocenters. The normalized spacial score (nSPS) is 12.8. The highest BCUT2D eigenvalue weighted by atomic mass is 16.5. The van der Waals surface area contributed by atoms with E-state index in [4.69, 9.17) is 14.8 Å². The zero-order valence-corrected chi connectivity index (χ0v) is 26.5. The van der Waals surface area contributed by atoms with E-state index in [1.54, 1.807) is 6.21 Å². The van der Waals surface area contributed by atoms with Crippen molar-refractivity contribution in [3.05, 3.63) is 102 Å². The van der Waals surface area contributed by atoms with Crippen molar-refractivity contribution >= 4 is 24.2 Å². The summed E-state index contributed by atoms with van der Waals surface area (Å²) in [6.45, 7) is 11.8. The predicted molar refractivity (Wildman–Crippen MR) is 183 cm³/mol. The molecule has 0 radical (unpaired) electrons. The Hall–Kier alpha value is -4.74. The standard InChI is InChI=1S/C37H45N5O2/c1-6-9-10-15-22-29(4)39-37(38-7-2)40-30(5)42-36(32-25-18-14-19-26-32)33(35(41-42)31-23-16-13-17-24-31)27-20-11-12-21-28-34(43)44-8-3/h7,9,13-14,16-20,22-27,30H,1,8,10-12,15,21,28H2,2-5H3,(H,39,40)/b27-20+,29-22+,38-7-. The molecule has 3 rings (SSSR count). The monoisotopic (exact) mass is 591 g/mol. The Morgan fingerprint density at radius 1 is 1.07 bits per heavy atom. The third-order valence-electron chi connectivity index (χ3n) is 6.76. The molecule has 1 aromatic heterocycles. The van der Waals surface area contributed by atoms with Crippen molar-refractivity contribution in [2.24, 2.45) is 9.98 Å². The second-order valence-electron chi connectivity index (χ2n) is 10.2. The van der Waals surface area contributed by atoms with E-state index in [-0.39, 0.29) is 12.1 Å². The smallest absolute Gasteiger partial charge is 0.305 e. The number of benzene rings is 2. The fraction of sp³-hybridized carbons (Fsp3) is 0.324. The number of aromatic nitrogens is 2. The maximum Gasteiger partial charge on any atom is 0.305 e. The SMILES string of the molecule is C=C=CCC/C=C(\C)NC(/N=C\C)=N/C(C)n1nc(-c2ccccc2)c(/C=C/CCCCC(=O)OCC)c1-c1ccccc1. The molecule has 0 aliphatic heterocycles.